The Kier molecular flexibility index (Phi) is 5.68. The minimum atomic E-state index is -0.361. The fourth-order valence-electron chi connectivity index (χ4n) is 2.38. The van der Waals surface area contributed by atoms with Crippen LogP contribution in [0.3, 0.4) is 0 Å². The van der Waals surface area contributed by atoms with E-state index in [0.717, 1.165) is 11.8 Å². The number of hydrogen-bond acceptors (Lipinski definition) is 6. The maximum absolute atomic E-state index is 13.1. The molecule has 0 aliphatic rings. The number of para-hydroxylation sites is 1. The minimum Gasteiger partial charge on any atom is -0.335 e. The van der Waals surface area contributed by atoms with E-state index >= 15 is 0 Å². The molecule has 0 radical (unpaired) electrons. The fraction of sp³-hybridized carbons (Fsp3) is 0.111. The van der Waals surface area contributed by atoms with Gasteiger partial charge >= 0.3 is 0 Å². The van der Waals surface area contributed by atoms with E-state index in [1.807, 2.05) is 12.1 Å². The average Bonchev–Trinajstić information content (AvgIpc) is 3.06. The molecule has 0 atom stereocenters. The van der Waals surface area contributed by atoms with Gasteiger partial charge in [-0.3, -0.25) is 9.69 Å². The highest BCUT2D eigenvalue weighted by Gasteiger charge is 2.18. The first-order valence-electron chi connectivity index (χ1n) is 7.91. The van der Waals surface area contributed by atoms with Gasteiger partial charge in [-0.05, 0) is 36.4 Å². The molecule has 0 spiro atoms. The summed E-state index contributed by atoms with van der Waals surface area (Å²) in [5.41, 5.74) is 1.26. The molecule has 27 heavy (non-hydrogen) atoms. The van der Waals surface area contributed by atoms with Crippen molar-refractivity contribution in [3.8, 4) is 17.5 Å². The second-order valence-corrected chi connectivity index (χ2v) is 6.39. The van der Waals surface area contributed by atoms with Gasteiger partial charge in [0.2, 0.25) is 11.1 Å². The topological polar surface area (TPSA) is 101 Å². The zero-order valence-electron chi connectivity index (χ0n) is 14.1. The lowest BCUT2D eigenvalue weighted by Gasteiger charge is -2.19. The molecule has 0 unspecified atom stereocenters. The maximum Gasteiger partial charge on any atom is 0.238 e. The van der Waals surface area contributed by atoms with Gasteiger partial charge in [0, 0.05) is 11.3 Å². The highest BCUT2D eigenvalue weighted by molar-refractivity contribution is 7.99. The summed E-state index contributed by atoms with van der Waals surface area (Å²) in [4.78, 5) is 13.9. The van der Waals surface area contributed by atoms with Gasteiger partial charge in [0.1, 0.15) is 12.4 Å². The number of hydrogen-bond donors (Lipinski definition) is 1. The van der Waals surface area contributed by atoms with Crippen molar-refractivity contribution in [2.45, 2.75) is 5.16 Å². The normalized spacial score (nSPS) is 10.4. The molecule has 0 saturated carbocycles. The third-order valence-electron chi connectivity index (χ3n) is 3.69. The Hall–Kier alpha value is -3.38. The van der Waals surface area contributed by atoms with Gasteiger partial charge < -0.3 is 5.84 Å². The molecule has 2 aromatic carbocycles. The van der Waals surface area contributed by atoms with E-state index in [0.29, 0.717) is 22.2 Å². The van der Waals surface area contributed by atoms with Gasteiger partial charge in [-0.15, -0.1) is 10.2 Å². The molecule has 3 aromatic rings. The first-order chi connectivity index (χ1) is 13.1. The monoisotopic (exact) mass is 382 g/mol. The number of rotatable bonds is 6. The largest absolute Gasteiger partial charge is 0.335 e. The van der Waals surface area contributed by atoms with Crippen molar-refractivity contribution in [2.75, 3.05) is 23.0 Å². The summed E-state index contributed by atoms with van der Waals surface area (Å²) in [7, 11) is 0. The quantitative estimate of drug-likeness (QED) is 0.399. The molecular formula is C18H15FN6OS. The summed E-state index contributed by atoms with van der Waals surface area (Å²) in [6.07, 6.45) is 0. The summed E-state index contributed by atoms with van der Waals surface area (Å²) in [6, 6.07) is 16.7. The number of carbonyl (C=O) groups is 1. The van der Waals surface area contributed by atoms with Gasteiger partial charge in [0.15, 0.2) is 5.82 Å². The van der Waals surface area contributed by atoms with Crippen molar-refractivity contribution in [3.05, 3.63) is 60.4 Å². The predicted octanol–water partition coefficient (Wildman–Crippen LogP) is 2.45. The molecule has 1 amide bonds. The van der Waals surface area contributed by atoms with E-state index < -0.39 is 0 Å². The number of nitrogens with zero attached hydrogens (tertiary/aromatic N) is 5. The number of carbonyl (C=O) groups excluding carboxylic acids is 1. The number of halogens is 1. The summed E-state index contributed by atoms with van der Waals surface area (Å²) in [6.45, 7) is -0.0560. The Bertz CT molecular complexity index is 968. The molecule has 7 nitrogen and oxygen atoms in total. The molecule has 0 fully saturated rings. The third kappa shape index (κ3) is 4.24. The molecule has 3 rings (SSSR count). The second-order valence-electron chi connectivity index (χ2n) is 5.45. The number of thioether (sulfide) groups is 1. The van der Waals surface area contributed by atoms with Gasteiger partial charge in [0.05, 0.1) is 11.8 Å². The number of amides is 1. The van der Waals surface area contributed by atoms with E-state index in [9.17, 15) is 9.18 Å². The fourth-order valence-corrected chi connectivity index (χ4v) is 3.11. The average molecular weight is 382 g/mol. The maximum atomic E-state index is 13.1. The van der Waals surface area contributed by atoms with Crippen LogP contribution in [0.15, 0.2) is 59.8 Å². The van der Waals surface area contributed by atoms with Crippen molar-refractivity contribution in [1.82, 2.24) is 14.9 Å². The van der Waals surface area contributed by atoms with E-state index in [4.69, 9.17) is 11.1 Å². The Morgan fingerprint density at radius 2 is 1.89 bits per heavy atom. The van der Waals surface area contributed by atoms with Crippen LogP contribution in [0.1, 0.15) is 0 Å². The van der Waals surface area contributed by atoms with Crippen LogP contribution in [-0.2, 0) is 4.79 Å². The lowest BCUT2D eigenvalue weighted by atomic mass is 10.2. The molecular weight excluding hydrogens is 367 g/mol. The Morgan fingerprint density at radius 1 is 1.19 bits per heavy atom. The summed E-state index contributed by atoms with van der Waals surface area (Å²) >= 11 is 1.11. The van der Waals surface area contributed by atoms with Gasteiger partial charge in [-0.1, -0.05) is 30.0 Å². The smallest absolute Gasteiger partial charge is 0.238 e. The lowest BCUT2D eigenvalue weighted by molar-refractivity contribution is -0.116. The lowest BCUT2D eigenvalue weighted by Crippen LogP contribution is -2.32. The summed E-state index contributed by atoms with van der Waals surface area (Å²) < 4.78 is 14.3. The molecule has 2 N–H and O–H groups in total. The highest BCUT2D eigenvalue weighted by Crippen LogP contribution is 2.23. The first-order valence-corrected chi connectivity index (χ1v) is 8.90. The third-order valence-corrected chi connectivity index (χ3v) is 4.62. The SMILES string of the molecule is N#CCN(C(=O)CSc1nnc(-c2ccc(F)cc2)n1N)c1ccccc1. The van der Waals surface area contributed by atoms with Crippen LogP contribution in [0.5, 0.6) is 0 Å². The van der Waals surface area contributed by atoms with Gasteiger partial charge in [-0.25, -0.2) is 9.07 Å². The van der Waals surface area contributed by atoms with E-state index in [2.05, 4.69) is 10.2 Å². The van der Waals surface area contributed by atoms with Crippen LogP contribution in [0.2, 0.25) is 0 Å². The molecule has 1 heterocycles. The van der Waals surface area contributed by atoms with Crippen molar-refractivity contribution < 1.29 is 9.18 Å². The number of nitrogens with two attached hydrogens (primary N) is 1. The molecule has 0 aliphatic heterocycles. The molecule has 0 saturated heterocycles. The van der Waals surface area contributed by atoms with Crippen molar-refractivity contribution in [2.24, 2.45) is 0 Å². The number of benzene rings is 2. The van der Waals surface area contributed by atoms with Crippen molar-refractivity contribution >= 4 is 23.4 Å². The number of anilines is 1. The van der Waals surface area contributed by atoms with Crippen LogP contribution in [0, 0.1) is 17.1 Å². The molecule has 1 aromatic heterocycles. The van der Waals surface area contributed by atoms with Crippen LogP contribution >= 0.6 is 11.8 Å². The highest BCUT2D eigenvalue weighted by atomic mass is 32.2. The Balaban J connectivity index is 1.72. The number of nitrogen functional groups attached to an aromatic ring is 1. The van der Waals surface area contributed by atoms with Gasteiger partial charge in [-0.2, -0.15) is 5.26 Å². The predicted molar refractivity (Wildman–Crippen MR) is 101 cm³/mol. The Labute approximate surface area is 159 Å². The Morgan fingerprint density at radius 3 is 2.56 bits per heavy atom. The molecule has 136 valence electrons. The van der Waals surface area contributed by atoms with Gasteiger partial charge in [0.25, 0.3) is 0 Å². The van der Waals surface area contributed by atoms with Crippen molar-refractivity contribution in [3.63, 3.8) is 0 Å². The molecule has 0 bridgehead atoms. The van der Waals surface area contributed by atoms with Crippen LogP contribution in [0.25, 0.3) is 11.4 Å². The first kappa shape index (κ1) is 18.4. The number of nitriles is 1. The van der Waals surface area contributed by atoms with Crippen LogP contribution < -0.4 is 10.7 Å². The van der Waals surface area contributed by atoms with E-state index in [1.54, 1.807) is 36.4 Å². The standard InChI is InChI=1S/C18H15FN6OS/c19-14-8-6-13(7-9-14)17-22-23-18(25(17)21)27-12-16(26)24(11-10-20)15-4-2-1-3-5-15/h1-9H,11-12,21H2. The van der Waals surface area contributed by atoms with Crippen LogP contribution in [-0.4, -0.2) is 33.1 Å². The molecule has 0 aliphatic carbocycles. The summed E-state index contributed by atoms with van der Waals surface area (Å²) in [5.74, 6) is 5.79. The molecule has 9 heteroatoms. The van der Waals surface area contributed by atoms with E-state index in [1.165, 1.54) is 21.7 Å². The zero-order valence-corrected chi connectivity index (χ0v) is 14.9. The number of aromatic nitrogens is 3. The zero-order chi connectivity index (χ0) is 19.2. The van der Waals surface area contributed by atoms with E-state index in [-0.39, 0.29) is 24.0 Å². The minimum absolute atomic E-state index is 0.0370. The van der Waals surface area contributed by atoms with Crippen molar-refractivity contribution in [1.29, 1.82) is 5.26 Å². The summed E-state index contributed by atoms with van der Waals surface area (Å²) in [5, 5.41) is 17.3. The van der Waals surface area contributed by atoms with Crippen LogP contribution in [0.4, 0.5) is 10.1 Å². The second kappa shape index (κ2) is 8.33.